The van der Waals surface area contributed by atoms with Crippen molar-refractivity contribution in [2.24, 2.45) is 5.92 Å². The molecule has 1 saturated carbocycles. The molecule has 4 aliphatic rings. The molecule has 0 aromatic heterocycles. The summed E-state index contributed by atoms with van der Waals surface area (Å²) in [5.74, 6) is 0.232. The fraction of sp³-hybridized carbons (Fsp3) is 0.655. The zero-order valence-electron chi connectivity index (χ0n) is 23.8. The lowest BCUT2D eigenvalue weighted by Crippen LogP contribution is -2.66. The summed E-state index contributed by atoms with van der Waals surface area (Å²) < 4.78 is 5.77. The standard InChI is InChI=1S/C29H41N5O5.2ClH/c1-18(30-2)27(36)32-26(19-8-4-3-5-9-19)29(38)34-15-20-14-21(35)16-33(20)17-24(34)28(37)31-23-12-13-39-25-11-7-6-10-22(23)25;;/h6-7,10-11,18-20,23-24,26,30H,3-5,8-9,12-17H2,1-2H3,(H,31,37)(H,32,36);2*1H/t18-,20+,23+,24-,26-;;/m0../s1. The number of carbonyl (C=O) groups is 4. The van der Waals surface area contributed by atoms with Crippen LogP contribution < -0.4 is 20.7 Å². The number of benzene rings is 1. The smallest absolute Gasteiger partial charge is 0.246 e. The summed E-state index contributed by atoms with van der Waals surface area (Å²) in [5.41, 5.74) is 0.924. The summed E-state index contributed by atoms with van der Waals surface area (Å²) >= 11 is 0. The minimum absolute atomic E-state index is 0. The van der Waals surface area contributed by atoms with Crippen LogP contribution in [0.2, 0.25) is 0 Å². The Balaban J connectivity index is 0.00000231. The number of ether oxygens (including phenoxy) is 1. The van der Waals surface area contributed by atoms with Crippen LogP contribution in [0.4, 0.5) is 0 Å². The average molecular weight is 613 g/mol. The molecule has 3 aliphatic heterocycles. The van der Waals surface area contributed by atoms with E-state index in [1.165, 1.54) is 0 Å². The van der Waals surface area contributed by atoms with Gasteiger partial charge in [-0.25, -0.2) is 0 Å². The molecule has 3 N–H and O–H groups in total. The number of hydrogen-bond acceptors (Lipinski definition) is 7. The first-order valence-electron chi connectivity index (χ1n) is 14.4. The number of ketones is 1. The maximum Gasteiger partial charge on any atom is 0.246 e. The molecular formula is C29H43Cl2N5O5. The molecule has 3 heterocycles. The van der Waals surface area contributed by atoms with Crippen LogP contribution in [0.3, 0.4) is 0 Å². The van der Waals surface area contributed by atoms with E-state index in [0.29, 0.717) is 39.1 Å². The summed E-state index contributed by atoms with van der Waals surface area (Å²) in [4.78, 5) is 57.2. The van der Waals surface area contributed by atoms with Crippen LogP contribution >= 0.6 is 24.8 Å². The quantitative estimate of drug-likeness (QED) is 0.431. The van der Waals surface area contributed by atoms with Crippen molar-refractivity contribution in [1.29, 1.82) is 0 Å². The fourth-order valence-corrected chi connectivity index (χ4v) is 6.55. The largest absolute Gasteiger partial charge is 0.493 e. The highest BCUT2D eigenvalue weighted by Gasteiger charge is 2.47. The van der Waals surface area contributed by atoms with Gasteiger partial charge >= 0.3 is 0 Å². The number of para-hydroxylation sites is 1. The molecule has 2 saturated heterocycles. The third kappa shape index (κ3) is 7.34. The van der Waals surface area contributed by atoms with Gasteiger partial charge in [0.25, 0.3) is 0 Å². The molecule has 228 valence electrons. The Bertz CT molecular complexity index is 1100. The van der Waals surface area contributed by atoms with Crippen molar-refractivity contribution in [1.82, 2.24) is 25.8 Å². The lowest BCUT2D eigenvalue weighted by atomic mass is 9.82. The van der Waals surface area contributed by atoms with E-state index < -0.39 is 18.1 Å². The lowest BCUT2D eigenvalue weighted by Gasteiger charge is -2.45. The second-order valence-corrected chi connectivity index (χ2v) is 11.5. The second kappa shape index (κ2) is 14.7. The van der Waals surface area contributed by atoms with E-state index >= 15 is 0 Å². The molecule has 0 bridgehead atoms. The molecule has 1 aliphatic carbocycles. The van der Waals surface area contributed by atoms with E-state index in [9.17, 15) is 19.2 Å². The molecule has 10 nitrogen and oxygen atoms in total. The zero-order chi connectivity index (χ0) is 27.5. The topological polar surface area (TPSA) is 120 Å². The molecule has 3 amide bonds. The van der Waals surface area contributed by atoms with Crippen LogP contribution in [-0.2, 0) is 19.2 Å². The van der Waals surface area contributed by atoms with Crippen molar-refractivity contribution in [3.63, 3.8) is 0 Å². The third-order valence-electron chi connectivity index (χ3n) is 8.92. The normalized spacial score (nSPS) is 25.8. The molecule has 0 spiro atoms. The first kappa shape index (κ1) is 33.1. The van der Waals surface area contributed by atoms with Crippen molar-refractivity contribution in [3.05, 3.63) is 29.8 Å². The van der Waals surface area contributed by atoms with Crippen LogP contribution in [0.15, 0.2) is 24.3 Å². The molecule has 0 unspecified atom stereocenters. The molecule has 1 aromatic carbocycles. The number of piperazine rings is 1. The number of likely N-dealkylation sites (N-methyl/N-ethyl adjacent to an activating group) is 1. The Morgan fingerprint density at radius 1 is 1.02 bits per heavy atom. The number of Topliss-reactive ketones (excluding diaryl/α,β-unsaturated/α-hetero) is 1. The summed E-state index contributed by atoms with van der Waals surface area (Å²) in [6.45, 7) is 3.17. The van der Waals surface area contributed by atoms with E-state index in [1.54, 1.807) is 18.9 Å². The summed E-state index contributed by atoms with van der Waals surface area (Å²) in [6.07, 6.45) is 5.90. The van der Waals surface area contributed by atoms with Gasteiger partial charge in [-0.1, -0.05) is 37.5 Å². The molecule has 5 rings (SSSR count). The predicted molar refractivity (Wildman–Crippen MR) is 159 cm³/mol. The number of hydrogen-bond donors (Lipinski definition) is 3. The van der Waals surface area contributed by atoms with E-state index in [4.69, 9.17) is 4.74 Å². The van der Waals surface area contributed by atoms with Crippen LogP contribution in [0.25, 0.3) is 0 Å². The lowest BCUT2D eigenvalue weighted by molar-refractivity contribution is -0.149. The van der Waals surface area contributed by atoms with Crippen molar-refractivity contribution < 1.29 is 23.9 Å². The van der Waals surface area contributed by atoms with Crippen molar-refractivity contribution in [3.8, 4) is 5.75 Å². The summed E-state index contributed by atoms with van der Waals surface area (Å²) in [6, 6.07) is 5.47. The van der Waals surface area contributed by atoms with Gasteiger partial charge in [0.05, 0.1) is 25.2 Å². The van der Waals surface area contributed by atoms with Gasteiger partial charge in [0, 0.05) is 37.5 Å². The Labute approximate surface area is 254 Å². The zero-order valence-corrected chi connectivity index (χ0v) is 25.4. The maximum atomic E-state index is 14.3. The number of nitrogens with one attached hydrogen (secondary N) is 3. The van der Waals surface area contributed by atoms with Gasteiger partial charge in [-0.05, 0) is 38.8 Å². The second-order valence-electron chi connectivity index (χ2n) is 11.5. The maximum absolute atomic E-state index is 14.3. The first-order valence-corrected chi connectivity index (χ1v) is 14.4. The highest BCUT2D eigenvalue weighted by Crippen LogP contribution is 2.33. The Kier molecular flexibility index (Phi) is 11.8. The Morgan fingerprint density at radius 2 is 1.76 bits per heavy atom. The monoisotopic (exact) mass is 611 g/mol. The minimum Gasteiger partial charge on any atom is -0.493 e. The van der Waals surface area contributed by atoms with Crippen molar-refractivity contribution >= 4 is 48.3 Å². The van der Waals surface area contributed by atoms with Gasteiger partial charge in [-0.2, -0.15) is 0 Å². The van der Waals surface area contributed by atoms with E-state index in [1.807, 2.05) is 29.2 Å². The van der Waals surface area contributed by atoms with E-state index in [-0.39, 0.29) is 66.3 Å². The molecule has 5 atom stereocenters. The number of halogens is 2. The number of amides is 3. The van der Waals surface area contributed by atoms with Crippen LogP contribution in [-0.4, -0.2) is 90.8 Å². The van der Waals surface area contributed by atoms with Crippen LogP contribution in [0.5, 0.6) is 5.75 Å². The van der Waals surface area contributed by atoms with Crippen LogP contribution in [0.1, 0.15) is 63.5 Å². The Hall–Kier alpha value is -2.40. The Morgan fingerprint density at radius 3 is 2.49 bits per heavy atom. The third-order valence-corrected chi connectivity index (χ3v) is 8.92. The molecule has 12 heteroatoms. The molecular weight excluding hydrogens is 569 g/mol. The van der Waals surface area contributed by atoms with Crippen molar-refractivity contribution in [2.75, 3.05) is 33.3 Å². The molecule has 3 fully saturated rings. The highest BCUT2D eigenvalue weighted by atomic mass is 35.5. The molecule has 0 radical (unpaired) electrons. The SMILES string of the molecule is CN[C@@H](C)C(=O)N[C@H](C(=O)N1C[C@H]2CC(=O)CN2C[C@H]1C(=O)N[C@@H]1CCOc2ccccc21)C1CCCCC1.Cl.Cl. The van der Waals surface area contributed by atoms with Gasteiger partial charge in [0.15, 0.2) is 0 Å². The number of carbonyl (C=O) groups excluding carboxylic acids is 4. The molecule has 41 heavy (non-hydrogen) atoms. The predicted octanol–water partition coefficient (Wildman–Crippen LogP) is 2.00. The van der Waals surface area contributed by atoms with Gasteiger partial charge in [-0.3, -0.25) is 24.1 Å². The van der Waals surface area contributed by atoms with Gasteiger partial charge in [0.1, 0.15) is 23.6 Å². The van der Waals surface area contributed by atoms with Crippen molar-refractivity contribution in [2.45, 2.75) is 82.1 Å². The van der Waals surface area contributed by atoms with Gasteiger partial charge in [-0.15, -0.1) is 24.8 Å². The summed E-state index contributed by atoms with van der Waals surface area (Å²) in [7, 11) is 1.72. The van der Waals surface area contributed by atoms with E-state index in [2.05, 4.69) is 16.0 Å². The highest BCUT2D eigenvalue weighted by molar-refractivity contribution is 5.94. The number of rotatable bonds is 7. The van der Waals surface area contributed by atoms with E-state index in [0.717, 1.165) is 43.4 Å². The van der Waals surface area contributed by atoms with Gasteiger partial charge in [0.2, 0.25) is 17.7 Å². The molecule has 1 aromatic rings. The fourth-order valence-electron chi connectivity index (χ4n) is 6.55. The van der Waals surface area contributed by atoms with Gasteiger partial charge < -0.3 is 25.6 Å². The average Bonchev–Trinajstić information content (AvgIpc) is 3.33. The number of fused-ring (bicyclic) bond motifs is 2. The minimum atomic E-state index is -0.751. The number of nitrogens with zero attached hydrogens (tertiary/aromatic N) is 2. The summed E-state index contributed by atoms with van der Waals surface area (Å²) in [5, 5.41) is 9.17. The van der Waals surface area contributed by atoms with Crippen LogP contribution in [0, 0.1) is 5.92 Å². The first-order chi connectivity index (χ1) is 18.9.